The van der Waals surface area contributed by atoms with Gasteiger partial charge in [0.1, 0.15) is 6.54 Å². The molecule has 1 fully saturated rings. The second kappa shape index (κ2) is 9.40. The van der Waals surface area contributed by atoms with Crippen molar-refractivity contribution in [3.8, 4) is 11.5 Å². The normalized spacial score (nSPS) is 14.1. The number of imide groups is 2. The van der Waals surface area contributed by atoms with Crippen LogP contribution >= 0.6 is 0 Å². The van der Waals surface area contributed by atoms with Crippen molar-refractivity contribution in [2.75, 3.05) is 33.9 Å². The van der Waals surface area contributed by atoms with E-state index in [0.29, 0.717) is 22.9 Å². The molecule has 158 valence electrons. The smallest absolute Gasteiger partial charge is 0.334 e. The van der Waals surface area contributed by atoms with Crippen LogP contribution < -0.4 is 9.47 Å². The minimum absolute atomic E-state index is 0.0172. The highest BCUT2D eigenvalue weighted by Crippen LogP contribution is 2.28. The average Bonchev–Trinajstić information content (AvgIpc) is 2.89. The maximum Gasteiger partial charge on any atom is 0.334 e. The number of hydrogen-bond acceptors (Lipinski definition) is 6. The first kappa shape index (κ1) is 22.2. The van der Waals surface area contributed by atoms with E-state index in [0.717, 1.165) is 10.5 Å². The van der Waals surface area contributed by atoms with Crippen molar-refractivity contribution in [2.45, 2.75) is 27.3 Å². The maximum atomic E-state index is 12.7. The van der Waals surface area contributed by atoms with Crippen LogP contribution in [0.15, 0.2) is 18.2 Å². The van der Waals surface area contributed by atoms with Crippen LogP contribution in [0.2, 0.25) is 0 Å². The van der Waals surface area contributed by atoms with Crippen molar-refractivity contribution >= 4 is 23.8 Å². The van der Waals surface area contributed by atoms with Crippen molar-refractivity contribution in [1.82, 2.24) is 14.7 Å². The van der Waals surface area contributed by atoms with Crippen LogP contribution in [0.3, 0.4) is 0 Å². The fourth-order valence-electron chi connectivity index (χ4n) is 3.03. The lowest BCUT2D eigenvalue weighted by Gasteiger charge is -2.24. The zero-order valence-corrected chi connectivity index (χ0v) is 17.4. The van der Waals surface area contributed by atoms with Crippen LogP contribution in [-0.4, -0.2) is 72.3 Å². The molecule has 1 saturated heterocycles. The fraction of sp³-hybridized carbons (Fsp3) is 0.500. The zero-order chi connectivity index (χ0) is 21.7. The second-order valence-electron chi connectivity index (χ2n) is 7.08. The highest BCUT2D eigenvalue weighted by Gasteiger charge is 2.45. The Morgan fingerprint density at radius 2 is 1.66 bits per heavy atom. The van der Waals surface area contributed by atoms with E-state index >= 15 is 0 Å². The summed E-state index contributed by atoms with van der Waals surface area (Å²) in [5, 5.41) is 0. The lowest BCUT2D eigenvalue weighted by atomic mass is 10.2. The number of likely N-dealkylation sites (N-methyl/N-ethyl adjacent to an activating group) is 1. The molecule has 2 rings (SSSR count). The first-order chi connectivity index (χ1) is 13.7. The summed E-state index contributed by atoms with van der Waals surface area (Å²) in [6, 6.07) is 4.55. The van der Waals surface area contributed by atoms with Gasteiger partial charge in [-0.25, -0.2) is 9.69 Å². The molecule has 29 heavy (non-hydrogen) atoms. The van der Waals surface area contributed by atoms with Crippen LogP contribution in [0.1, 0.15) is 26.3 Å². The minimum atomic E-state index is -0.967. The number of rotatable bonds is 9. The molecule has 0 saturated carbocycles. The molecule has 1 heterocycles. The van der Waals surface area contributed by atoms with E-state index in [-0.39, 0.29) is 19.0 Å². The van der Waals surface area contributed by atoms with E-state index in [1.54, 1.807) is 25.1 Å². The third-order valence-corrected chi connectivity index (χ3v) is 4.53. The first-order valence-corrected chi connectivity index (χ1v) is 9.39. The van der Waals surface area contributed by atoms with Crippen molar-refractivity contribution in [1.29, 1.82) is 0 Å². The van der Waals surface area contributed by atoms with Gasteiger partial charge in [-0.05, 0) is 30.5 Å². The van der Waals surface area contributed by atoms with Crippen molar-refractivity contribution in [2.24, 2.45) is 5.92 Å². The average molecular weight is 405 g/mol. The van der Waals surface area contributed by atoms with Crippen LogP contribution in [-0.2, 0) is 20.9 Å². The predicted octanol–water partition coefficient (Wildman–Crippen LogP) is 1.50. The van der Waals surface area contributed by atoms with Gasteiger partial charge in [-0.3, -0.25) is 19.3 Å². The SMILES string of the molecule is CCN(Cc1ccc(OC)c(OC)c1)C(=O)CN1C(=O)C(=O)N(CC(C)C)C1=O. The molecule has 0 spiro atoms. The van der Waals surface area contributed by atoms with Crippen molar-refractivity contribution in [3.63, 3.8) is 0 Å². The molecule has 0 aliphatic carbocycles. The van der Waals surface area contributed by atoms with Gasteiger partial charge in [0.15, 0.2) is 11.5 Å². The summed E-state index contributed by atoms with van der Waals surface area (Å²) < 4.78 is 10.5. The Labute approximate surface area is 170 Å². The Kier molecular flexibility index (Phi) is 7.19. The topological polar surface area (TPSA) is 96.5 Å². The van der Waals surface area contributed by atoms with Gasteiger partial charge < -0.3 is 14.4 Å². The van der Waals surface area contributed by atoms with Crippen molar-refractivity contribution < 1.29 is 28.7 Å². The highest BCUT2D eigenvalue weighted by molar-refractivity contribution is 6.45. The van der Waals surface area contributed by atoms with Gasteiger partial charge in [0, 0.05) is 19.6 Å². The molecular weight excluding hydrogens is 378 g/mol. The second-order valence-corrected chi connectivity index (χ2v) is 7.08. The Bertz CT molecular complexity index is 807. The number of hydrogen-bond donors (Lipinski definition) is 0. The molecule has 0 bridgehead atoms. The molecule has 1 aromatic rings. The number of amides is 5. The van der Waals surface area contributed by atoms with Crippen LogP contribution in [0, 0.1) is 5.92 Å². The quantitative estimate of drug-likeness (QED) is 0.456. The zero-order valence-electron chi connectivity index (χ0n) is 17.4. The third kappa shape index (κ3) is 4.85. The molecule has 1 aliphatic rings. The van der Waals surface area contributed by atoms with Gasteiger partial charge in [0.05, 0.1) is 14.2 Å². The molecule has 5 amide bonds. The molecule has 0 radical (unpaired) electrons. The van der Waals surface area contributed by atoms with Gasteiger partial charge in [-0.15, -0.1) is 0 Å². The first-order valence-electron chi connectivity index (χ1n) is 9.39. The molecule has 1 aliphatic heterocycles. The number of benzene rings is 1. The number of nitrogens with zero attached hydrogens (tertiary/aromatic N) is 3. The summed E-state index contributed by atoms with van der Waals surface area (Å²) in [6.07, 6.45) is 0. The Hall–Kier alpha value is -3.10. The standard InChI is InChI=1S/C20H27N3O6/c1-6-21(11-14-7-8-15(28-4)16(9-14)29-5)17(24)12-23-19(26)18(25)22(20(23)27)10-13(2)3/h7-9,13H,6,10-12H2,1-5H3. The number of urea groups is 1. The molecule has 1 aromatic carbocycles. The van der Waals surface area contributed by atoms with Gasteiger partial charge in [-0.2, -0.15) is 0 Å². The van der Waals surface area contributed by atoms with Crippen molar-refractivity contribution in [3.05, 3.63) is 23.8 Å². The Balaban J connectivity index is 2.11. The van der Waals surface area contributed by atoms with Gasteiger partial charge >= 0.3 is 17.8 Å². The molecule has 9 nitrogen and oxygen atoms in total. The molecule has 9 heteroatoms. The summed E-state index contributed by atoms with van der Waals surface area (Å²) in [5.41, 5.74) is 0.800. The molecular formula is C20H27N3O6. The number of ether oxygens (including phenoxy) is 2. The van der Waals surface area contributed by atoms with Crippen LogP contribution in [0.5, 0.6) is 11.5 Å². The number of carbonyl (C=O) groups excluding carboxylic acids is 4. The largest absolute Gasteiger partial charge is 0.493 e. The van der Waals surface area contributed by atoms with Gasteiger partial charge in [0.2, 0.25) is 5.91 Å². The summed E-state index contributed by atoms with van der Waals surface area (Å²) in [6.45, 7) is 5.75. The fourth-order valence-corrected chi connectivity index (χ4v) is 3.03. The van der Waals surface area contributed by atoms with E-state index in [1.807, 2.05) is 13.8 Å². The minimum Gasteiger partial charge on any atom is -0.493 e. The van der Waals surface area contributed by atoms with E-state index < -0.39 is 30.3 Å². The lowest BCUT2D eigenvalue weighted by molar-refractivity contribution is -0.145. The van der Waals surface area contributed by atoms with Gasteiger partial charge in [-0.1, -0.05) is 19.9 Å². The lowest BCUT2D eigenvalue weighted by Crippen LogP contribution is -2.43. The van der Waals surface area contributed by atoms with E-state index in [9.17, 15) is 19.2 Å². The molecule has 0 unspecified atom stereocenters. The van der Waals surface area contributed by atoms with Gasteiger partial charge in [0.25, 0.3) is 0 Å². The monoisotopic (exact) mass is 405 g/mol. The maximum absolute atomic E-state index is 12.7. The van der Waals surface area contributed by atoms with Crippen LogP contribution in [0.25, 0.3) is 0 Å². The predicted molar refractivity (Wildman–Crippen MR) is 104 cm³/mol. The number of carbonyl (C=O) groups is 4. The number of methoxy groups -OCH3 is 2. The molecule has 0 N–H and O–H groups in total. The summed E-state index contributed by atoms with van der Waals surface area (Å²) in [7, 11) is 3.06. The molecule has 0 atom stereocenters. The summed E-state index contributed by atoms with van der Waals surface area (Å²) >= 11 is 0. The summed E-state index contributed by atoms with van der Waals surface area (Å²) in [4.78, 5) is 52.5. The Morgan fingerprint density at radius 3 is 2.21 bits per heavy atom. The Morgan fingerprint density at radius 1 is 1.03 bits per heavy atom. The molecule has 0 aromatic heterocycles. The highest BCUT2D eigenvalue weighted by atomic mass is 16.5. The van der Waals surface area contributed by atoms with E-state index in [1.165, 1.54) is 19.1 Å². The van der Waals surface area contributed by atoms with E-state index in [2.05, 4.69) is 0 Å². The van der Waals surface area contributed by atoms with Crippen LogP contribution in [0.4, 0.5) is 4.79 Å². The third-order valence-electron chi connectivity index (χ3n) is 4.53. The van der Waals surface area contributed by atoms with E-state index in [4.69, 9.17) is 9.47 Å². The summed E-state index contributed by atoms with van der Waals surface area (Å²) in [5.74, 6) is -1.16.